The number of piperazine rings is 1. The lowest BCUT2D eigenvalue weighted by molar-refractivity contribution is 0.161. The van der Waals surface area contributed by atoms with E-state index in [1.807, 2.05) is 18.2 Å². The van der Waals surface area contributed by atoms with Gasteiger partial charge in [-0.15, -0.1) is 0 Å². The Morgan fingerprint density at radius 1 is 1.10 bits per heavy atom. The second-order valence-electron chi connectivity index (χ2n) is 5.16. The van der Waals surface area contributed by atoms with Gasteiger partial charge in [0, 0.05) is 25.8 Å². The molecule has 2 heterocycles. The Bertz CT molecular complexity index is 538. The number of hydrogen-bond donors (Lipinski definition) is 0. The van der Waals surface area contributed by atoms with Crippen LogP contribution in [-0.4, -0.2) is 41.0 Å². The summed E-state index contributed by atoms with van der Waals surface area (Å²) in [5.74, 6) is 0.520. The van der Waals surface area contributed by atoms with Crippen molar-refractivity contribution in [2.75, 3.05) is 26.2 Å². The van der Waals surface area contributed by atoms with Gasteiger partial charge in [-0.05, 0) is 5.56 Å². The van der Waals surface area contributed by atoms with Gasteiger partial charge in [0.05, 0.1) is 19.3 Å². The summed E-state index contributed by atoms with van der Waals surface area (Å²) in [4.78, 5) is 10.5. The average molecular weight is 270 g/mol. The van der Waals surface area contributed by atoms with Gasteiger partial charge in [0.1, 0.15) is 6.20 Å². The van der Waals surface area contributed by atoms with Crippen LogP contribution in [0.5, 0.6) is 0 Å². The number of aromatic nitrogens is 2. The molecule has 5 nitrogen and oxygen atoms in total. The smallest absolute Gasteiger partial charge is 0.246 e. The quantitative estimate of drug-likeness (QED) is 0.630. The molecule has 0 N–H and O–H groups in total. The van der Waals surface area contributed by atoms with Crippen molar-refractivity contribution in [3.63, 3.8) is 0 Å². The van der Waals surface area contributed by atoms with Gasteiger partial charge in [-0.2, -0.15) is 0 Å². The zero-order valence-electron chi connectivity index (χ0n) is 11.4. The minimum absolute atomic E-state index is 0.362. The predicted octanol–water partition coefficient (Wildman–Crippen LogP) is 1.80. The molecule has 1 saturated heterocycles. The van der Waals surface area contributed by atoms with Crippen molar-refractivity contribution in [1.82, 2.24) is 19.5 Å². The lowest BCUT2D eigenvalue weighted by Crippen LogP contribution is -2.57. The van der Waals surface area contributed by atoms with E-state index in [1.165, 1.54) is 5.56 Å². The molecule has 1 aliphatic heterocycles. The third kappa shape index (κ3) is 2.85. The van der Waals surface area contributed by atoms with E-state index in [4.69, 9.17) is 0 Å². The maximum atomic E-state index is 12.7. The van der Waals surface area contributed by atoms with Crippen LogP contribution in [0.1, 0.15) is 5.56 Å². The number of quaternary nitrogens is 1. The third-order valence-electron chi connectivity index (χ3n) is 3.77. The summed E-state index contributed by atoms with van der Waals surface area (Å²) in [6.45, 7) is 3.54. The van der Waals surface area contributed by atoms with Crippen LogP contribution in [0.3, 0.4) is 0 Å². The first kappa shape index (κ1) is 13.2. The Labute approximate surface area is 118 Å². The lowest BCUT2D eigenvalue weighted by Gasteiger charge is -2.46. The molecule has 0 amide bonds. The molecular formula is C15H18N4O. The van der Waals surface area contributed by atoms with E-state index in [1.54, 1.807) is 18.6 Å². The first-order valence-electron chi connectivity index (χ1n) is 6.87. The number of hydroxylamine groups is 2. The largest absolute Gasteiger partial charge is 0.626 e. The SMILES string of the molecule is [O-][N+]1(c2cnccn2)CCN(Cc2ccccc2)CC1. The zero-order valence-corrected chi connectivity index (χ0v) is 11.4. The second-order valence-corrected chi connectivity index (χ2v) is 5.16. The van der Waals surface area contributed by atoms with Gasteiger partial charge in [-0.1, -0.05) is 30.3 Å². The highest BCUT2D eigenvalue weighted by Gasteiger charge is 2.28. The van der Waals surface area contributed by atoms with Crippen molar-refractivity contribution < 1.29 is 0 Å². The van der Waals surface area contributed by atoms with Crippen LogP contribution in [0.2, 0.25) is 0 Å². The number of rotatable bonds is 3. The summed E-state index contributed by atoms with van der Waals surface area (Å²) in [7, 11) is 0. The van der Waals surface area contributed by atoms with Crippen molar-refractivity contribution in [3.05, 3.63) is 59.7 Å². The summed E-state index contributed by atoms with van der Waals surface area (Å²) in [5.41, 5.74) is 1.29. The van der Waals surface area contributed by atoms with E-state index in [9.17, 15) is 5.21 Å². The lowest BCUT2D eigenvalue weighted by atomic mass is 10.2. The molecule has 0 aliphatic carbocycles. The van der Waals surface area contributed by atoms with Gasteiger partial charge in [0.25, 0.3) is 0 Å². The Kier molecular flexibility index (Phi) is 3.73. The summed E-state index contributed by atoms with van der Waals surface area (Å²) in [5, 5.41) is 12.7. The molecule has 20 heavy (non-hydrogen) atoms. The molecule has 1 fully saturated rings. The minimum atomic E-state index is -0.362. The molecule has 104 valence electrons. The molecule has 0 unspecified atom stereocenters. The van der Waals surface area contributed by atoms with Crippen LogP contribution in [0.4, 0.5) is 5.82 Å². The number of nitrogens with zero attached hydrogens (tertiary/aromatic N) is 4. The molecule has 0 spiro atoms. The van der Waals surface area contributed by atoms with Crippen LogP contribution < -0.4 is 4.65 Å². The summed E-state index contributed by atoms with van der Waals surface area (Å²) < 4.78 is -0.362. The highest BCUT2D eigenvalue weighted by molar-refractivity contribution is 5.32. The van der Waals surface area contributed by atoms with Gasteiger partial charge in [-0.25, -0.2) is 4.98 Å². The first-order valence-corrected chi connectivity index (χ1v) is 6.87. The van der Waals surface area contributed by atoms with Crippen molar-refractivity contribution in [2.24, 2.45) is 0 Å². The molecule has 2 aromatic rings. The van der Waals surface area contributed by atoms with Crippen molar-refractivity contribution in [2.45, 2.75) is 6.54 Å². The molecule has 1 aromatic carbocycles. The maximum absolute atomic E-state index is 12.7. The molecule has 0 radical (unpaired) electrons. The van der Waals surface area contributed by atoms with Gasteiger partial charge in [-0.3, -0.25) is 9.88 Å². The molecule has 1 aromatic heterocycles. The summed E-state index contributed by atoms with van der Waals surface area (Å²) >= 11 is 0. The fourth-order valence-corrected chi connectivity index (χ4v) is 2.56. The van der Waals surface area contributed by atoms with E-state index in [0.717, 1.165) is 19.6 Å². The Morgan fingerprint density at radius 3 is 2.50 bits per heavy atom. The van der Waals surface area contributed by atoms with E-state index in [2.05, 4.69) is 27.0 Å². The molecule has 5 heteroatoms. The minimum Gasteiger partial charge on any atom is -0.626 e. The van der Waals surface area contributed by atoms with Crippen LogP contribution in [0.15, 0.2) is 48.9 Å². The van der Waals surface area contributed by atoms with Crippen molar-refractivity contribution >= 4 is 5.82 Å². The highest BCUT2D eigenvalue weighted by atomic mass is 16.5. The van der Waals surface area contributed by atoms with Crippen molar-refractivity contribution in [1.29, 1.82) is 0 Å². The Hall–Kier alpha value is -1.82. The van der Waals surface area contributed by atoms with Crippen LogP contribution >= 0.6 is 0 Å². The van der Waals surface area contributed by atoms with E-state index >= 15 is 0 Å². The monoisotopic (exact) mass is 270 g/mol. The molecule has 0 saturated carbocycles. The fraction of sp³-hybridized carbons (Fsp3) is 0.333. The summed E-state index contributed by atoms with van der Waals surface area (Å²) in [6, 6.07) is 10.4. The average Bonchev–Trinajstić information content (AvgIpc) is 2.52. The normalized spacial score (nSPS) is 18.9. The second kappa shape index (κ2) is 5.66. The van der Waals surface area contributed by atoms with Gasteiger partial charge in [0.15, 0.2) is 0 Å². The number of benzene rings is 1. The number of hydrogen-bond acceptors (Lipinski definition) is 4. The van der Waals surface area contributed by atoms with Gasteiger partial charge >= 0.3 is 0 Å². The highest BCUT2D eigenvalue weighted by Crippen LogP contribution is 2.21. The van der Waals surface area contributed by atoms with Crippen LogP contribution in [0, 0.1) is 5.21 Å². The predicted molar refractivity (Wildman–Crippen MR) is 78.6 cm³/mol. The topological polar surface area (TPSA) is 52.1 Å². The standard InChI is InChI=1S/C15H18N4O/c20-19(15-12-16-6-7-17-15)10-8-18(9-11-19)13-14-4-2-1-3-5-14/h1-7,12H,8-11,13H2. The van der Waals surface area contributed by atoms with Crippen LogP contribution in [0.25, 0.3) is 0 Å². The first-order chi connectivity index (χ1) is 9.76. The molecule has 0 atom stereocenters. The van der Waals surface area contributed by atoms with Crippen LogP contribution in [-0.2, 0) is 6.54 Å². The van der Waals surface area contributed by atoms with E-state index in [-0.39, 0.29) is 4.65 Å². The van der Waals surface area contributed by atoms with E-state index < -0.39 is 0 Å². The molecule has 0 bridgehead atoms. The zero-order chi connectivity index (χ0) is 13.8. The Balaban J connectivity index is 1.62. The van der Waals surface area contributed by atoms with Gasteiger partial charge in [0.2, 0.25) is 5.82 Å². The van der Waals surface area contributed by atoms with Crippen molar-refractivity contribution in [3.8, 4) is 0 Å². The van der Waals surface area contributed by atoms with Gasteiger partial charge < -0.3 is 9.85 Å². The fourth-order valence-electron chi connectivity index (χ4n) is 2.56. The Morgan fingerprint density at radius 2 is 1.85 bits per heavy atom. The maximum Gasteiger partial charge on any atom is 0.246 e. The molecular weight excluding hydrogens is 252 g/mol. The molecule has 3 rings (SSSR count). The molecule has 1 aliphatic rings. The summed E-state index contributed by atoms with van der Waals surface area (Å²) in [6.07, 6.45) is 4.77. The third-order valence-corrected chi connectivity index (χ3v) is 3.77. The van der Waals surface area contributed by atoms with E-state index in [0.29, 0.717) is 18.9 Å².